The van der Waals surface area contributed by atoms with E-state index in [0.717, 1.165) is 5.56 Å². The van der Waals surface area contributed by atoms with E-state index in [-0.39, 0.29) is 21.7 Å². The van der Waals surface area contributed by atoms with Crippen molar-refractivity contribution in [2.45, 2.75) is 16.3 Å². The van der Waals surface area contributed by atoms with E-state index in [4.69, 9.17) is 16.0 Å². The van der Waals surface area contributed by atoms with Gasteiger partial charge in [0.05, 0.1) is 15.5 Å². The van der Waals surface area contributed by atoms with Gasteiger partial charge in [0.15, 0.2) is 0 Å². The lowest BCUT2D eigenvalue weighted by atomic mass is 10.1. The van der Waals surface area contributed by atoms with Crippen LogP contribution in [-0.4, -0.2) is 19.9 Å². The fourth-order valence-electron chi connectivity index (χ4n) is 3.03. The van der Waals surface area contributed by atoms with Crippen molar-refractivity contribution in [3.8, 4) is 11.5 Å². The Hall–Kier alpha value is -3.09. The lowest BCUT2D eigenvalue weighted by Gasteiger charge is -2.06. The molecule has 0 aliphatic rings. The van der Waals surface area contributed by atoms with Crippen LogP contribution in [0, 0.1) is 0 Å². The van der Waals surface area contributed by atoms with E-state index in [9.17, 15) is 8.42 Å². The van der Waals surface area contributed by atoms with Gasteiger partial charge in [0.2, 0.25) is 26.6 Å². The molecular formula is C23H19ClN2O3S. The molecule has 0 atom stereocenters. The Morgan fingerprint density at radius 3 is 2.20 bits per heavy atom. The zero-order chi connectivity index (χ0) is 21.0. The quantitative estimate of drug-likeness (QED) is 0.413. The molecule has 0 fully saturated rings. The highest BCUT2D eigenvalue weighted by Gasteiger charge is 2.28. The third-order valence-electron chi connectivity index (χ3n) is 4.55. The van der Waals surface area contributed by atoms with Gasteiger partial charge in [-0.15, -0.1) is 0 Å². The maximum Gasteiger partial charge on any atom is 0.233 e. The maximum absolute atomic E-state index is 13.2. The Kier molecular flexibility index (Phi) is 5.88. The standard InChI is InChI=1S/C23H19ClN2O3S/c24-20-14-8-7-13-19(20)21-26-23(30(27,28)18-11-5-2-6-12-18)22(29-21)25-16-15-17-9-3-1-4-10-17/h1-14,25H,15-16H2. The minimum Gasteiger partial charge on any atom is -0.419 e. The molecule has 0 aliphatic carbocycles. The summed E-state index contributed by atoms with van der Waals surface area (Å²) >= 11 is 6.27. The molecule has 0 bridgehead atoms. The van der Waals surface area contributed by atoms with Gasteiger partial charge < -0.3 is 9.73 Å². The molecule has 0 radical (unpaired) electrons. The summed E-state index contributed by atoms with van der Waals surface area (Å²) in [5.74, 6) is 0.252. The van der Waals surface area contributed by atoms with Gasteiger partial charge in [0.1, 0.15) is 0 Å². The Morgan fingerprint density at radius 2 is 1.50 bits per heavy atom. The van der Waals surface area contributed by atoms with Crippen molar-refractivity contribution >= 4 is 27.3 Å². The lowest BCUT2D eigenvalue weighted by molar-refractivity contribution is 0.577. The van der Waals surface area contributed by atoms with Crippen LogP contribution in [0.1, 0.15) is 5.56 Å². The van der Waals surface area contributed by atoms with Gasteiger partial charge in [-0.2, -0.15) is 4.98 Å². The summed E-state index contributed by atoms with van der Waals surface area (Å²) in [4.78, 5) is 4.46. The van der Waals surface area contributed by atoms with Crippen LogP contribution in [0.15, 0.2) is 99.3 Å². The first-order valence-corrected chi connectivity index (χ1v) is 11.3. The fraction of sp³-hybridized carbons (Fsp3) is 0.0870. The van der Waals surface area contributed by atoms with Crippen LogP contribution in [0.25, 0.3) is 11.5 Å². The first kappa shape index (κ1) is 20.2. The second-order valence-electron chi connectivity index (χ2n) is 6.61. The van der Waals surface area contributed by atoms with Crippen LogP contribution in [0.5, 0.6) is 0 Å². The summed E-state index contributed by atoms with van der Waals surface area (Å²) in [5.41, 5.74) is 1.66. The molecule has 152 valence electrons. The highest BCUT2D eigenvalue weighted by atomic mass is 35.5. The number of sulfone groups is 1. The van der Waals surface area contributed by atoms with Gasteiger partial charge >= 0.3 is 0 Å². The SMILES string of the molecule is O=S(=O)(c1ccccc1)c1nc(-c2ccccc2Cl)oc1NCCc1ccccc1. The minimum atomic E-state index is -3.88. The molecule has 7 heteroatoms. The molecule has 0 unspecified atom stereocenters. The van der Waals surface area contributed by atoms with E-state index < -0.39 is 9.84 Å². The monoisotopic (exact) mass is 438 g/mol. The van der Waals surface area contributed by atoms with Crippen molar-refractivity contribution in [3.05, 3.63) is 95.5 Å². The van der Waals surface area contributed by atoms with Crippen molar-refractivity contribution in [1.29, 1.82) is 0 Å². The summed E-state index contributed by atoms with van der Waals surface area (Å²) in [6, 6.07) is 25.1. The summed E-state index contributed by atoms with van der Waals surface area (Å²) in [5, 5.41) is 3.37. The highest BCUT2D eigenvalue weighted by molar-refractivity contribution is 7.91. The fourth-order valence-corrected chi connectivity index (χ4v) is 4.54. The maximum atomic E-state index is 13.2. The number of hydrogen-bond donors (Lipinski definition) is 1. The third kappa shape index (κ3) is 4.25. The number of benzene rings is 3. The normalized spacial score (nSPS) is 11.4. The van der Waals surface area contributed by atoms with E-state index in [1.807, 2.05) is 30.3 Å². The van der Waals surface area contributed by atoms with Crippen LogP contribution in [0.2, 0.25) is 5.02 Å². The van der Waals surface area contributed by atoms with Gasteiger partial charge in [-0.05, 0) is 36.2 Å². The zero-order valence-electron chi connectivity index (χ0n) is 16.0. The highest BCUT2D eigenvalue weighted by Crippen LogP contribution is 2.34. The Morgan fingerprint density at radius 1 is 0.867 bits per heavy atom. The number of oxazole rings is 1. The smallest absolute Gasteiger partial charge is 0.233 e. The number of anilines is 1. The van der Waals surface area contributed by atoms with Crippen LogP contribution >= 0.6 is 11.6 Å². The summed E-state index contributed by atoms with van der Waals surface area (Å²) in [6.07, 6.45) is 0.702. The first-order valence-electron chi connectivity index (χ1n) is 9.39. The second kappa shape index (κ2) is 8.73. The molecule has 0 aliphatic heterocycles. The van der Waals surface area contributed by atoms with E-state index in [1.54, 1.807) is 42.5 Å². The lowest BCUT2D eigenvalue weighted by Crippen LogP contribution is -2.09. The van der Waals surface area contributed by atoms with Crippen molar-refractivity contribution in [2.75, 3.05) is 11.9 Å². The van der Waals surface area contributed by atoms with Crippen LogP contribution < -0.4 is 5.32 Å². The molecule has 4 rings (SSSR count). The molecule has 0 saturated carbocycles. The van der Waals surface area contributed by atoms with E-state index in [0.29, 0.717) is 23.6 Å². The van der Waals surface area contributed by atoms with Gasteiger partial charge in [0, 0.05) is 6.54 Å². The van der Waals surface area contributed by atoms with Gasteiger partial charge in [-0.3, -0.25) is 0 Å². The average Bonchev–Trinajstić information content (AvgIpc) is 3.20. The number of rotatable bonds is 7. The topological polar surface area (TPSA) is 72.2 Å². The van der Waals surface area contributed by atoms with E-state index in [2.05, 4.69) is 10.3 Å². The largest absolute Gasteiger partial charge is 0.419 e. The molecule has 0 saturated heterocycles. The van der Waals surface area contributed by atoms with Crippen molar-refractivity contribution in [2.24, 2.45) is 0 Å². The summed E-state index contributed by atoms with van der Waals surface area (Å²) in [7, 11) is -3.88. The predicted molar refractivity (Wildman–Crippen MR) is 117 cm³/mol. The second-order valence-corrected chi connectivity index (χ2v) is 8.88. The molecule has 1 N–H and O–H groups in total. The summed E-state index contributed by atoms with van der Waals surface area (Å²) < 4.78 is 32.3. The van der Waals surface area contributed by atoms with Gasteiger partial charge in [-0.25, -0.2) is 8.42 Å². The van der Waals surface area contributed by atoms with Crippen LogP contribution in [0.4, 0.5) is 5.88 Å². The van der Waals surface area contributed by atoms with Crippen LogP contribution in [-0.2, 0) is 16.3 Å². The van der Waals surface area contributed by atoms with Crippen LogP contribution in [0.3, 0.4) is 0 Å². The number of hydrogen-bond acceptors (Lipinski definition) is 5. The molecule has 1 aromatic heterocycles. The van der Waals surface area contributed by atoms with Gasteiger partial charge in [0.25, 0.3) is 0 Å². The average molecular weight is 439 g/mol. The zero-order valence-corrected chi connectivity index (χ0v) is 17.5. The molecule has 1 heterocycles. The number of aromatic nitrogens is 1. The first-order chi connectivity index (χ1) is 14.6. The molecule has 30 heavy (non-hydrogen) atoms. The van der Waals surface area contributed by atoms with Gasteiger partial charge in [-0.1, -0.05) is 72.3 Å². The van der Waals surface area contributed by atoms with Crippen molar-refractivity contribution in [3.63, 3.8) is 0 Å². The van der Waals surface area contributed by atoms with E-state index >= 15 is 0 Å². The molecule has 3 aromatic carbocycles. The Balaban J connectivity index is 1.71. The number of nitrogens with one attached hydrogen (secondary N) is 1. The molecule has 0 spiro atoms. The minimum absolute atomic E-state index is 0.102. The number of halogens is 1. The van der Waals surface area contributed by atoms with Crippen molar-refractivity contribution in [1.82, 2.24) is 4.98 Å². The van der Waals surface area contributed by atoms with E-state index in [1.165, 1.54) is 12.1 Å². The van der Waals surface area contributed by atoms with Crippen molar-refractivity contribution < 1.29 is 12.8 Å². The molecule has 4 aromatic rings. The predicted octanol–water partition coefficient (Wildman–Crippen LogP) is 5.48. The molecular weight excluding hydrogens is 420 g/mol. The molecule has 5 nitrogen and oxygen atoms in total. The Labute approximate surface area is 180 Å². The molecule has 0 amide bonds. The Bertz CT molecular complexity index is 1240. The third-order valence-corrected chi connectivity index (χ3v) is 6.56. The number of nitrogens with zero attached hydrogens (tertiary/aromatic N) is 1. The summed E-state index contributed by atoms with van der Waals surface area (Å²) in [6.45, 7) is 0.485.